The van der Waals surface area contributed by atoms with Crippen molar-refractivity contribution in [1.82, 2.24) is 9.80 Å². The summed E-state index contributed by atoms with van der Waals surface area (Å²) in [6.45, 7) is 0.129. The van der Waals surface area contributed by atoms with Gasteiger partial charge in [0.2, 0.25) is 5.91 Å². The lowest BCUT2D eigenvalue weighted by Gasteiger charge is -2.34. The highest BCUT2D eigenvalue weighted by Gasteiger charge is 2.37. The SMILES string of the molecule is O=C(O)C1Cc2ccccc2CN1C(=O)CCN1C(=O)c2ccccc2C1=O. The maximum Gasteiger partial charge on any atom is 0.326 e. The Balaban J connectivity index is 1.49. The second-order valence-corrected chi connectivity index (χ2v) is 6.91. The van der Waals surface area contributed by atoms with E-state index < -0.39 is 29.7 Å². The van der Waals surface area contributed by atoms with Gasteiger partial charge in [0.15, 0.2) is 0 Å². The van der Waals surface area contributed by atoms with Crippen LogP contribution in [0, 0.1) is 0 Å². The van der Waals surface area contributed by atoms with Crippen LogP contribution in [-0.4, -0.2) is 51.2 Å². The Morgan fingerprint density at radius 2 is 1.50 bits per heavy atom. The Morgan fingerprint density at radius 3 is 2.11 bits per heavy atom. The van der Waals surface area contributed by atoms with E-state index in [1.807, 2.05) is 24.3 Å². The summed E-state index contributed by atoms with van der Waals surface area (Å²) in [7, 11) is 0. The number of amides is 3. The van der Waals surface area contributed by atoms with E-state index in [9.17, 15) is 24.3 Å². The number of aliphatic carboxylic acids is 1. The fourth-order valence-electron chi connectivity index (χ4n) is 3.80. The minimum absolute atomic E-state index is 0.0737. The highest BCUT2D eigenvalue weighted by atomic mass is 16.4. The molecule has 142 valence electrons. The van der Waals surface area contributed by atoms with Crippen LogP contribution >= 0.6 is 0 Å². The molecule has 0 bridgehead atoms. The maximum atomic E-state index is 12.8. The molecule has 0 saturated heterocycles. The van der Waals surface area contributed by atoms with Crippen molar-refractivity contribution < 1.29 is 24.3 Å². The topological polar surface area (TPSA) is 95.0 Å². The van der Waals surface area contributed by atoms with Crippen LogP contribution in [0.15, 0.2) is 48.5 Å². The molecule has 7 heteroatoms. The second kappa shape index (κ2) is 6.92. The van der Waals surface area contributed by atoms with Crippen LogP contribution in [0.1, 0.15) is 38.3 Å². The van der Waals surface area contributed by atoms with Crippen LogP contribution in [0.25, 0.3) is 0 Å². The number of rotatable bonds is 4. The summed E-state index contributed by atoms with van der Waals surface area (Å²) in [4.78, 5) is 51.7. The van der Waals surface area contributed by atoms with Crippen molar-refractivity contribution in [3.05, 3.63) is 70.8 Å². The van der Waals surface area contributed by atoms with E-state index in [4.69, 9.17) is 0 Å². The summed E-state index contributed by atoms with van der Waals surface area (Å²) in [6, 6.07) is 13.0. The summed E-state index contributed by atoms with van der Waals surface area (Å²) >= 11 is 0. The summed E-state index contributed by atoms with van der Waals surface area (Å²) < 4.78 is 0. The Hall–Kier alpha value is -3.48. The Morgan fingerprint density at radius 1 is 0.929 bits per heavy atom. The van der Waals surface area contributed by atoms with Crippen LogP contribution < -0.4 is 0 Å². The number of fused-ring (bicyclic) bond motifs is 2. The molecule has 2 aliphatic rings. The van der Waals surface area contributed by atoms with Gasteiger partial charge in [-0.15, -0.1) is 0 Å². The van der Waals surface area contributed by atoms with Crippen LogP contribution in [0.5, 0.6) is 0 Å². The molecule has 2 heterocycles. The first-order valence-electron chi connectivity index (χ1n) is 9.01. The fraction of sp³-hybridized carbons (Fsp3) is 0.238. The van der Waals surface area contributed by atoms with Gasteiger partial charge in [-0.3, -0.25) is 19.3 Å². The maximum absolute atomic E-state index is 12.8. The number of carboxylic acid groups (broad SMARTS) is 1. The molecule has 3 amide bonds. The van der Waals surface area contributed by atoms with Crippen LogP contribution in [-0.2, 0) is 22.6 Å². The summed E-state index contributed by atoms with van der Waals surface area (Å²) in [5.41, 5.74) is 2.49. The molecule has 7 nitrogen and oxygen atoms in total. The lowest BCUT2D eigenvalue weighted by Crippen LogP contribution is -2.49. The number of hydrogen-bond donors (Lipinski definition) is 1. The fourth-order valence-corrected chi connectivity index (χ4v) is 3.80. The van der Waals surface area contributed by atoms with Crippen molar-refractivity contribution >= 4 is 23.7 Å². The molecular formula is C21H18N2O5. The van der Waals surface area contributed by atoms with Gasteiger partial charge in [0.25, 0.3) is 11.8 Å². The zero-order valence-electron chi connectivity index (χ0n) is 15.0. The van der Waals surface area contributed by atoms with Crippen molar-refractivity contribution in [1.29, 1.82) is 0 Å². The first-order valence-corrected chi connectivity index (χ1v) is 9.01. The van der Waals surface area contributed by atoms with Crippen LogP contribution in [0.2, 0.25) is 0 Å². The number of imide groups is 1. The zero-order chi connectivity index (χ0) is 19.8. The van der Waals surface area contributed by atoms with Gasteiger partial charge in [0.1, 0.15) is 6.04 Å². The average molecular weight is 378 g/mol. The smallest absolute Gasteiger partial charge is 0.326 e. The Bertz CT molecular complexity index is 965. The number of nitrogens with zero attached hydrogens (tertiary/aromatic N) is 2. The van der Waals surface area contributed by atoms with E-state index >= 15 is 0 Å². The van der Waals surface area contributed by atoms with Gasteiger partial charge >= 0.3 is 5.97 Å². The molecule has 0 aromatic heterocycles. The highest BCUT2D eigenvalue weighted by Crippen LogP contribution is 2.26. The molecular weight excluding hydrogens is 360 g/mol. The average Bonchev–Trinajstić information content (AvgIpc) is 2.95. The van der Waals surface area contributed by atoms with Gasteiger partial charge in [0, 0.05) is 25.9 Å². The van der Waals surface area contributed by atoms with Gasteiger partial charge in [-0.05, 0) is 23.3 Å². The Kier molecular flexibility index (Phi) is 4.43. The van der Waals surface area contributed by atoms with E-state index in [1.165, 1.54) is 4.90 Å². The molecule has 4 rings (SSSR count). The lowest BCUT2D eigenvalue weighted by molar-refractivity contribution is -0.151. The third-order valence-corrected chi connectivity index (χ3v) is 5.28. The van der Waals surface area contributed by atoms with Gasteiger partial charge in [0.05, 0.1) is 11.1 Å². The van der Waals surface area contributed by atoms with Crippen LogP contribution in [0.3, 0.4) is 0 Å². The van der Waals surface area contributed by atoms with Gasteiger partial charge in [-0.25, -0.2) is 4.79 Å². The van der Waals surface area contributed by atoms with Crippen molar-refractivity contribution in [3.8, 4) is 0 Å². The summed E-state index contributed by atoms with van der Waals surface area (Å²) in [5, 5.41) is 9.55. The van der Waals surface area contributed by atoms with Crippen molar-refractivity contribution in [2.75, 3.05) is 6.54 Å². The van der Waals surface area contributed by atoms with Crippen molar-refractivity contribution in [3.63, 3.8) is 0 Å². The number of benzene rings is 2. The van der Waals surface area contributed by atoms with Crippen molar-refractivity contribution in [2.24, 2.45) is 0 Å². The summed E-state index contributed by atoms with van der Waals surface area (Å²) in [5.74, 6) is -2.30. The molecule has 0 spiro atoms. The number of carboxylic acids is 1. The molecule has 2 aromatic rings. The second-order valence-electron chi connectivity index (χ2n) is 6.91. The molecule has 0 fully saturated rings. The molecule has 1 N–H and O–H groups in total. The molecule has 0 aliphatic carbocycles. The van der Waals surface area contributed by atoms with Gasteiger partial charge < -0.3 is 10.0 Å². The number of carbonyl (C=O) groups excluding carboxylic acids is 3. The van der Waals surface area contributed by atoms with Crippen LogP contribution in [0.4, 0.5) is 0 Å². The van der Waals surface area contributed by atoms with Gasteiger partial charge in [-0.2, -0.15) is 0 Å². The monoisotopic (exact) mass is 378 g/mol. The van der Waals surface area contributed by atoms with E-state index in [-0.39, 0.29) is 25.9 Å². The summed E-state index contributed by atoms with van der Waals surface area (Å²) in [6.07, 6.45) is 0.127. The van der Waals surface area contributed by atoms with Crippen molar-refractivity contribution in [2.45, 2.75) is 25.4 Å². The van der Waals surface area contributed by atoms with E-state index in [2.05, 4.69) is 0 Å². The zero-order valence-corrected chi connectivity index (χ0v) is 15.0. The lowest BCUT2D eigenvalue weighted by atomic mass is 9.93. The molecule has 0 radical (unpaired) electrons. The highest BCUT2D eigenvalue weighted by molar-refractivity contribution is 6.21. The normalized spacial score (nSPS) is 18.1. The largest absolute Gasteiger partial charge is 0.480 e. The first kappa shape index (κ1) is 17.9. The third kappa shape index (κ3) is 2.94. The third-order valence-electron chi connectivity index (χ3n) is 5.28. The predicted octanol–water partition coefficient (Wildman–Crippen LogP) is 1.71. The predicted molar refractivity (Wildman–Crippen MR) is 98.5 cm³/mol. The molecule has 1 atom stereocenters. The van der Waals surface area contributed by atoms with E-state index in [0.717, 1.165) is 16.0 Å². The standard InChI is InChI=1S/C21H18N2O5/c24-18(9-10-22-19(25)15-7-3-4-8-16(15)20(22)26)23-12-14-6-2-1-5-13(14)11-17(23)21(27)28/h1-8,17H,9-12H2,(H,27,28). The number of hydrogen-bond acceptors (Lipinski definition) is 4. The molecule has 28 heavy (non-hydrogen) atoms. The Labute approximate surface area is 161 Å². The molecule has 1 unspecified atom stereocenters. The minimum atomic E-state index is -1.07. The molecule has 2 aromatic carbocycles. The van der Waals surface area contributed by atoms with E-state index in [1.54, 1.807) is 24.3 Å². The minimum Gasteiger partial charge on any atom is -0.480 e. The van der Waals surface area contributed by atoms with E-state index in [0.29, 0.717) is 11.1 Å². The first-order chi connectivity index (χ1) is 13.5. The van der Waals surface area contributed by atoms with Gasteiger partial charge in [-0.1, -0.05) is 36.4 Å². The number of carbonyl (C=O) groups is 4. The molecule has 0 saturated carbocycles. The molecule has 2 aliphatic heterocycles. The quantitative estimate of drug-likeness (QED) is 0.818.